The van der Waals surface area contributed by atoms with Gasteiger partial charge in [-0.1, -0.05) is 36.9 Å². The minimum atomic E-state index is -0.513. The predicted molar refractivity (Wildman–Crippen MR) is 166 cm³/mol. The molecule has 2 aromatic carbocycles. The van der Waals surface area contributed by atoms with Crippen LogP contribution in [0, 0.1) is 18.7 Å². The smallest absolute Gasteiger partial charge is 0.246 e. The van der Waals surface area contributed by atoms with Crippen LogP contribution in [0.3, 0.4) is 0 Å². The van der Waals surface area contributed by atoms with Crippen molar-refractivity contribution >= 4 is 51.1 Å². The highest BCUT2D eigenvalue weighted by atomic mass is 35.5. The number of hydrogen-bond donors (Lipinski definition) is 1. The molecule has 1 amide bonds. The quantitative estimate of drug-likeness (QED) is 0.334. The average molecular weight is 589 g/mol. The summed E-state index contributed by atoms with van der Waals surface area (Å²) in [4.78, 5) is 28.2. The molecule has 11 heteroatoms. The van der Waals surface area contributed by atoms with Crippen molar-refractivity contribution in [3.8, 4) is 11.1 Å². The van der Waals surface area contributed by atoms with E-state index in [0.29, 0.717) is 54.6 Å². The van der Waals surface area contributed by atoms with E-state index in [0.717, 1.165) is 16.5 Å². The number of aromatic nitrogens is 4. The van der Waals surface area contributed by atoms with Crippen molar-refractivity contribution in [3.63, 3.8) is 0 Å². The number of aryl methyl sites for hydroxylation is 2. The molecule has 2 saturated heterocycles. The first-order valence-electron chi connectivity index (χ1n) is 14.0. The Bertz CT molecular complexity index is 1780. The Hall–Kier alpha value is -4.18. The molecule has 0 unspecified atom stereocenters. The van der Waals surface area contributed by atoms with Crippen LogP contribution in [0.5, 0.6) is 0 Å². The fourth-order valence-corrected chi connectivity index (χ4v) is 6.45. The minimum absolute atomic E-state index is 0.101. The van der Waals surface area contributed by atoms with Crippen molar-refractivity contribution in [2.24, 2.45) is 18.7 Å². The van der Waals surface area contributed by atoms with Gasteiger partial charge in [0.05, 0.1) is 16.7 Å². The van der Waals surface area contributed by atoms with Crippen LogP contribution < -0.4 is 15.5 Å². The Labute approximate surface area is 249 Å². The standard InChI is InChI=1S/C31H34ClFN8O/c1-7-24(42)40-12-18(4)41(13-17(40)3)30-22-10-23(32)26(25-16(2)8-9-20-11-35-38(6)29(20)25)27(33)28(22)36-31(37-30)39-14-21(15-39)19(5)34/h7-11,17-18,21H,1,5,12-15,34H2,2-4,6H3/t17-,18+/m1/s1. The Balaban J connectivity index is 1.56. The molecule has 0 spiro atoms. The molecule has 4 heterocycles. The van der Waals surface area contributed by atoms with Crippen LogP contribution in [0.4, 0.5) is 16.2 Å². The second-order valence-electron chi connectivity index (χ2n) is 11.5. The fourth-order valence-electron chi connectivity index (χ4n) is 6.16. The van der Waals surface area contributed by atoms with Gasteiger partial charge in [0, 0.05) is 78.8 Å². The first kappa shape index (κ1) is 28.0. The molecule has 2 atom stereocenters. The van der Waals surface area contributed by atoms with Crippen molar-refractivity contribution in [1.29, 1.82) is 0 Å². The normalized spacial score (nSPS) is 19.4. The molecule has 42 heavy (non-hydrogen) atoms. The Morgan fingerprint density at radius 1 is 1.14 bits per heavy atom. The summed E-state index contributed by atoms with van der Waals surface area (Å²) in [6, 6.07) is 5.47. The van der Waals surface area contributed by atoms with Gasteiger partial charge < -0.3 is 20.4 Å². The van der Waals surface area contributed by atoms with Crippen molar-refractivity contribution < 1.29 is 9.18 Å². The lowest BCUT2D eigenvalue weighted by Gasteiger charge is -2.45. The Morgan fingerprint density at radius 2 is 1.88 bits per heavy atom. The van der Waals surface area contributed by atoms with Gasteiger partial charge in [0.2, 0.25) is 11.9 Å². The average Bonchev–Trinajstić information content (AvgIpc) is 3.30. The van der Waals surface area contributed by atoms with Gasteiger partial charge in [0.25, 0.3) is 0 Å². The summed E-state index contributed by atoms with van der Waals surface area (Å²) in [7, 11) is 1.83. The van der Waals surface area contributed by atoms with Gasteiger partial charge in [0.15, 0.2) is 5.82 Å². The monoisotopic (exact) mass is 588 g/mol. The number of hydrogen-bond acceptors (Lipinski definition) is 7. The van der Waals surface area contributed by atoms with Gasteiger partial charge >= 0.3 is 0 Å². The second-order valence-corrected chi connectivity index (χ2v) is 11.9. The summed E-state index contributed by atoms with van der Waals surface area (Å²) in [5.74, 6) is 0.492. The summed E-state index contributed by atoms with van der Waals surface area (Å²) in [5.41, 5.74) is 9.38. The number of anilines is 2. The van der Waals surface area contributed by atoms with E-state index in [1.807, 2.05) is 44.9 Å². The zero-order valence-electron chi connectivity index (χ0n) is 24.2. The molecule has 4 aromatic rings. The summed E-state index contributed by atoms with van der Waals surface area (Å²) in [6.07, 6.45) is 3.10. The van der Waals surface area contributed by atoms with Crippen LogP contribution in [-0.2, 0) is 11.8 Å². The van der Waals surface area contributed by atoms with Crippen LogP contribution in [0.15, 0.2) is 49.3 Å². The molecule has 2 aliphatic rings. The van der Waals surface area contributed by atoms with E-state index >= 15 is 4.39 Å². The van der Waals surface area contributed by atoms with Crippen molar-refractivity contribution in [2.45, 2.75) is 32.9 Å². The number of fused-ring (bicyclic) bond motifs is 2. The third-order valence-electron chi connectivity index (χ3n) is 8.62. The van der Waals surface area contributed by atoms with Crippen molar-refractivity contribution in [1.82, 2.24) is 24.6 Å². The van der Waals surface area contributed by atoms with Gasteiger partial charge in [0.1, 0.15) is 11.3 Å². The number of carbonyl (C=O) groups is 1. The molecule has 2 aliphatic heterocycles. The van der Waals surface area contributed by atoms with Gasteiger partial charge in [-0.3, -0.25) is 9.48 Å². The second kappa shape index (κ2) is 10.3. The van der Waals surface area contributed by atoms with Gasteiger partial charge in [-0.25, -0.2) is 9.37 Å². The molecule has 2 aromatic heterocycles. The van der Waals surface area contributed by atoms with Crippen LogP contribution in [0.1, 0.15) is 19.4 Å². The highest BCUT2D eigenvalue weighted by molar-refractivity contribution is 6.35. The fraction of sp³-hybridized carbons (Fsp3) is 0.355. The van der Waals surface area contributed by atoms with E-state index in [4.69, 9.17) is 27.3 Å². The molecule has 0 aliphatic carbocycles. The SMILES string of the molecule is C=CC(=O)N1C[C@H](C)N(c2nc(N3CC(C(=C)N)C3)nc3c(F)c(-c4c(C)ccc5cnn(C)c45)c(Cl)cc23)C[C@H]1C. The Kier molecular flexibility index (Phi) is 6.84. The zero-order valence-corrected chi connectivity index (χ0v) is 25.0. The minimum Gasteiger partial charge on any atom is -0.402 e. The third-order valence-corrected chi connectivity index (χ3v) is 8.91. The number of piperazine rings is 1. The molecular weight excluding hydrogens is 555 g/mol. The predicted octanol–water partition coefficient (Wildman–Crippen LogP) is 4.80. The number of nitrogens with zero attached hydrogens (tertiary/aromatic N) is 7. The van der Waals surface area contributed by atoms with Crippen LogP contribution in [-0.4, -0.2) is 68.8 Å². The summed E-state index contributed by atoms with van der Waals surface area (Å²) >= 11 is 6.95. The molecule has 2 fully saturated rings. The molecule has 6 rings (SSSR count). The van der Waals surface area contributed by atoms with Crippen molar-refractivity contribution in [3.05, 3.63) is 65.7 Å². The lowest BCUT2D eigenvalue weighted by atomic mass is 9.95. The molecular formula is C31H34ClFN8O. The number of benzene rings is 2. The lowest BCUT2D eigenvalue weighted by Crippen LogP contribution is -2.58. The van der Waals surface area contributed by atoms with Gasteiger partial charge in [-0.05, 0) is 38.5 Å². The summed E-state index contributed by atoms with van der Waals surface area (Å²) < 4.78 is 18.7. The summed E-state index contributed by atoms with van der Waals surface area (Å²) in [6.45, 7) is 15.7. The van der Waals surface area contributed by atoms with E-state index in [1.54, 1.807) is 21.8 Å². The molecule has 0 radical (unpaired) electrons. The number of nitrogens with two attached hydrogens (primary N) is 1. The maximum Gasteiger partial charge on any atom is 0.246 e. The molecule has 9 nitrogen and oxygen atoms in total. The van der Waals surface area contributed by atoms with Gasteiger partial charge in [-0.2, -0.15) is 10.1 Å². The zero-order chi connectivity index (χ0) is 30.0. The van der Waals surface area contributed by atoms with E-state index in [1.165, 1.54) is 6.08 Å². The Morgan fingerprint density at radius 3 is 2.57 bits per heavy atom. The van der Waals surface area contributed by atoms with Crippen molar-refractivity contribution in [2.75, 3.05) is 36.0 Å². The largest absolute Gasteiger partial charge is 0.402 e. The van der Waals surface area contributed by atoms with Crippen LogP contribution in [0.2, 0.25) is 5.02 Å². The van der Waals surface area contributed by atoms with E-state index in [2.05, 4.69) is 23.2 Å². The third kappa shape index (κ3) is 4.36. The summed E-state index contributed by atoms with van der Waals surface area (Å²) in [5, 5.41) is 6.07. The lowest BCUT2D eigenvalue weighted by molar-refractivity contribution is -0.128. The maximum atomic E-state index is 16.9. The van der Waals surface area contributed by atoms with E-state index in [-0.39, 0.29) is 40.0 Å². The van der Waals surface area contributed by atoms with Crippen LogP contribution >= 0.6 is 11.6 Å². The number of amides is 1. The van der Waals surface area contributed by atoms with Crippen LogP contribution in [0.25, 0.3) is 32.9 Å². The first-order chi connectivity index (χ1) is 20.0. The molecule has 0 bridgehead atoms. The van der Waals surface area contributed by atoms with Gasteiger partial charge in [-0.15, -0.1) is 0 Å². The molecule has 218 valence electrons. The highest BCUT2D eigenvalue weighted by Gasteiger charge is 2.36. The molecule has 0 saturated carbocycles. The number of rotatable bonds is 5. The topological polar surface area (TPSA) is 96.4 Å². The maximum absolute atomic E-state index is 16.9. The number of carbonyl (C=O) groups excluding carboxylic acids is 1. The molecule has 2 N–H and O–H groups in total. The van der Waals surface area contributed by atoms with E-state index < -0.39 is 5.82 Å². The van der Waals surface area contributed by atoms with E-state index in [9.17, 15) is 4.79 Å². The number of halogens is 2. The highest BCUT2D eigenvalue weighted by Crippen LogP contribution is 2.43. The first-order valence-corrected chi connectivity index (χ1v) is 14.4.